The second-order valence-corrected chi connectivity index (χ2v) is 8.40. The lowest BCUT2D eigenvalue weighted by molar-refractivity contribution is 0.102. The van der Waals surface area contributed by atoms with Gasteiger partial charge < -0.3 is 10.1 Å². The smallest absolute Gasteiger partial charge is 0.255 e. The van der Waals surface area contributed by atoms with Crippen LogP contribution in [0.5, 0.6) is 5.75 Å². The lowest BCUT2D eigenvalue weighted by Gasteiger charge is -2.18. The molecule has 0 spiro atoms. The van der Waals surface area contributed by atoms with Crippen molar-refractivity contribution in [1.82, 2.24) is 4.31 Å². The third-order valence-electron chi connectivity index (χ3n) is 4.29. The molecule has 2 aromatic carbocycles. The summed E-state index contributed by atoms with van der Waals surface area (Å²) in [5.41, 5.74) is -0.0276. The van der Waals surface area contributed by atoms with Gasteiger partial charge in [0, 0.05) is 23.7 Å². The fourth-order valence-corrected chi connectivity index (χ4v) is 4.75. The first-order chi connectivity index (χ1) is 12.8. The molecule has 0 aromatic heterocycles. The van der Waals surface area contributed by atoms with Gasteiger partial charge in [-0.25, -0.2) is 12.8 Å². The van der Waals surface area contributed by atoms with Crippen LogP contribution in [-0.4, -0.2) is 38.8 Å². The maximum absolute atomic E-state index is 13.8. The van der Waals surface area contributed by atoms with Gasteiger partial charge in [-0.15, -0.1) is 0 Å². The monoisotopic (exact) mass is 412 g/mol. The largest absolute Gasteiger partial charge is 0.495 e. The molecular weight excluding hydrogens is 395 g/mol. The van der Waals surface area contributed by atoms with E-state index in [1.807, 2.05) is 0 Å². The van der Waals surface area contributed by atoms with Crippen LogP contribution in [0.3, 0.4) is 0 Å². The van der Waals surface area contributed by atoms with Gasteiger partial charge in [0.15, 0.2) is 0 Å². The number of carbonyl (C=O) groups excluding carboxylic acids is 1. The summed E-state index contributed by atoms with van der Waals surface area (Å²) in [5, 5.41) is 2.67. The fourth-order valence-electron chi connectivity index (χ4n) is 2.87. The number of anilines is 1. The van der Waals surface area contributed by atoms with Crippen LogP contribution in [0.4, 0.5) is 10.1 Å². The Morgan fingerprint density at radius 2 is 1.89 bits per heavy atom. The first kappa shape index (κ1) is 19.6. The minimum absolute atomic E-state index is 0.0629. The average molecular weight is 413 g/mol. The molecule has 2 aromatic rings. The molecule has 1 aliphatic rings. The summed E-state index contributed by atoms with van der Waals surface area (Å²) in [4.78, 5) is 12.4. The summed E-state index contributed by atoms with van der Waals surface area (Å²) in [6.07, 6.45) is 1.57. The number of methoxy groups -OCH3 is 1. The number of halogens is 2. The standard InChI is InChI=1S/C18H18ClFN2O4S/c1-26-16-7-4-12(10-17(16)27(24,25)22-8-2-3-9-22)18(23)21-15-11-13(19)5-6-14(15)20/h4-7,10-11H,2-3,8-9H2,1H3,(H,21,23). The molecule has 27 heavy (non-hydrogen) atoms. The Hall–Kier alpha value is -2.16. The Bertz CT molecular complexity index is 975. The first-order valence-corrected chi connectivity index (χ1v) is 10.1. The molecule has 6 nitrogen and oxygen atoms in total. The molecule has 1 saturated heterocycles. The number of sulfonamides is 1. The van der Waals surface area contributed by atoms with Crippen molar-refractivity contribution in [2.24, 2.45) is 0 Å². The number of rotatable bonds is 5. The lowest BCUT2D eigenvalue weighted by atomic mass is 10.2. The average Bonchev–Trinajstić information content (AvgIpc) is 3.19. The van der Waals surface area contributed by atoms with Crippen molar-refractivity contribution in [1.29, 1.82) is 0 Å². The Kier molecular flexibility index (Phi) is 5.69. The van der Waals surface area contributed by atoms with E-state index in [9.17, 15) is 17.6 Å². The van der Waals surface area contributed by atoms with E-state index in [1.54, 1.807) is 0 Å². The van der Waals surface area contributed by atoms with Crippen LogP contribution in [0, 0.1) is 5.82 Å². The maximum atomic E-state index is 13.8. The predicted octanol–water partition coefficient (Wildman–Crippen LogP) is 3.52. The Morgan fingerprint density at radius 1 is 1.19 bits per heavy atom. The molecule has 0 bridgehead atoms. The van der Waals surface area contributed by atoms with E-state index in [0.717, 1.165) is 18.9 Å². The molecule has 9 heteroatoms. The lowest BCUT2D eigenvalue weighted by Crippen LogP contribution is -2.28. The summed E-state index contributed by atoms with van der Waals surface area (Å²) in [5.74, 6) is -1.16. The maximum Gasteiger partial charge on any atom is 0.255 e. The van der Waals surface area contributed by atoms with E-state index in [-0.39, 0.29) is 26.9 Å². The predicted molar refractivity (Wildman–Crippen MR) is 100 cm³/mol. The van der Waals surface area contributed by atoms with Crippen molar-refractivity contribution in [2.75, 3.05) is 25.5 Å². The van der Waals surface area contributed by atoms with Crippen LogP contribution >= 0.6 is 11.6 Å². The van der Waals surface area contributed by atoms with E-state index in [0.29, 0.717) is 13.1 Å². The molecule has 1 N–H and O–H groups in total. The van der Waals surface area contributed by atoms with Crippen LogP contribution < -0.4 is 10.1 Å². The van der Waals surface area contributed by atoms with E-state index in [1.165, 1.54) is 41.7 Å². The van der Waals surface area contributed by atoms with Gasteiger partial charge in [-0.1, -0.05) is 11.6 Å². The minimum Gasteiger partial charge on any atom is -0.495 e. The fraction of sp³-hybridized carbons (Fsp3) is 0.278. The van der Waals surface area contributed by atoms with Crippen molar-refractivity contribution < 1.29 is 22.3 Å². The highest BCUT2D eigenvalue weighted by atomic mass is 35.5. The topological polar surface area (TPSA) is 75.7 Å². The Labute approximate surface area is 161 Å². The number of nitrogens with one attached hydrogen (secondary N) is 1. The third-order valence-corrected chi connectivity index (χ3v) is 6.44. The third kappa shape index (κ3) is 4.07. The number of hydrogen-bond donors (Lipinski definition) is 1. The van der Waals surface area contributed by atoms with E-state index in [2.05, 4.69) is 5.32 Å². The van der Waals surface area contributed by atoms with Crippen molar-refractivity contribution in [3.8, 4) is 5.75 Å². The summed E-state index contributed by atoms with van der Waals surface area (Å²) in [6.45, 7) is 0.852. The molecule has 0 radical (unpaired) electrons. The van der Waals surface area contributed by atoms with Crippen LogP contribution in [0.25, 0.3) is 0 Å². The SMILES string of the molecule is COc1ccc(C(=O)Nc2cc(Cl)ccc2F)cc1S(=O)(=O)N1CCCC1. The van der Waals surface area contributed by atoms with Gasteiger partial charge in [-0.05, 0) is 49.2 Å². The van der Waals surface area contributed by atoms with E-state index >= 15 is 0 Å². The Balaban J connectivity index is 1.95. The zero-order valence-electron chi connectivity index (χ0n) is 14.5. The van der Waals surface area contributed by atoms with Crippen LogP contribution in [0.1, 0.15) is 23.2 Å². The Morgan fingerprint density at radius 3 is 2.56 bits per heavy atom. The highest BCUT2D eigenvalue weighted by Crippen LogP contribution is 2.30. The second-order valence-electron chi connectivity index (χ2n) is 6.06. The molecule has 0 saturated carbocycles. The second kappa shape index (κ2) is 7.84. The summed E-state index contributed by atoms with van der Waals surface area (Å²) in [6, 6.07) is 7.84. The molecule has 144 valence electrons. The van der Waals surface area contributed by atoms with Crippen LogP contribution in [-0.2, 0) is 10.0 Å². The quantitative estimate of drug-likeness (QED) is 0.815. The van der Waals surface area contributed by atoms with Gasteiger partial charge in [0.25, 0.3) is 5.91 Å². The molecule has 1 aliphatic heterocycles. The highest BCUT2D eigenvalue weighted by molar-refractivity contribution is 7.89. The molecule has 1 fully saturated rings. The van der Waals surface area contributed by atoms with Gasteiger partial charge >= 0.3 is 0 Å². The van der Waals surface area contributed by atoms with Gasteiger partial charge in [0.05, 0.1) is 12.8 Å². The zero-order valence-corrected chi connectivity index (χ0v) is 16.1. The van der Waals surface area contributed by atoms with Gasteiger partial charge in [-0.3, -0.25) is 4.79 Å². The summed E-state index contributed by atoms with van der Waals surface area (Å²) in [7, 11) is -2.43. The number of ether oxygens (including phenoxy) is 1. The first-order valence-electron chi connectivity index (χ1n) is 8.27. The number of hydrogen-bond acceptors (Lipinski definition) is 4. The van der Waals surface area contributed by atoms with Gasteiger partial charge in [0.2, 0.25) is 10.0 Å². The van der Waals surface area contributed by atoms with Crippen molar-refractivity contribution in [2.45, 2.75) is 17.7 Å². The number of nitrogens with zero attached hydrogens (tertiary/aromatic N) is 1. The van der Waals surface area contributed by atoms with Crippen LogP contribution in [0.15, 0.2) is 41.3 Å². The van der Waals surface area contributed by atoms with Gasteiger partial charge in [-0.2, -0.15) is 4.31 Å². The number of benzene rings is 2. The zero-order chi connectivity index (χ0) is 19.6. The minimum atomic E-state index is -3.79. The molecular formula is C18H18ClFN2O4S. The van der Waals surface area contributed by atoms with Crippen molar-refractivity contribution >= 4 is 33.2 Å². The molecule has 0 atom stereocenters. The van der Waals surface area contributed by atoms with Crippen molar-refractivity contribution in [3.63, 3.8) is 0 Å². The molecule has 3 rings (SSSR count). The molecule has 1 amide bonds. The number of carbonyl (C=O) groups is 1. The highest BCUT2D eigenvalue weighted by Gasteiger charge is 2.30. The molecule has 1 heterocycles. The van der Waals surface area contributed by atoms with E-state index in [4.69, 9.17) is 16.3 Å². The van der Waals surface area contributed by atoms with E-state index < -0.39 is 21.7 Å². The van der Waals surface area contributed by atoms with Gasteiger partial charge in [0.1, 0.15) is 16.5 Å². The summed E-state index contributed by atoms with van der Waals surface area (Å²) < 4.78 is 46.1. The molecule has 0 aliphatic carbocycles. The molecule has 0 unspecified atom stereocenters. The number of amides is 1. The summed E-state index contributed by atoms with van der Waals surface area (Å²) >= 11 is 5.82. The van der Waals surface area contributed by atoms with Crippen LogP contribution in [0.2, 0.25) is 5.02 Å². The normalized spacial score (nSPS) is 14.9. The van der Waals surface area contributed by atoms with Crippen molar-refractivity contribution in [3.05, 3.63) is 52.8 Å².